The summed E-state index contributed by atoms with van der Waals surface area (Å²) in [6.07, 6.45) is 3.40. The predicted octanol–water partition coefficient (Wildman–Crippen LogP) is 3.01. The SMILES string of the molecule is CCOc1ccc(CNC(=NC)NC2CCN(CC3CCOC3)CC2)cc1F.I. The molecule has 0 aliphatic carbocycles. The van der Waals surface area contributed by atoms with Gasteiger partial charge in [0.15, 0.2) is 17.5 Å². The zero-order chi connectivity index (χ0) is 19.8. The van der Waals surface area contributed by atoms with Crippen molar-refractivity contribution in [2.24, 2.45) is 10.9 Å². The maximum atomic E-state index is 14.0. The monoisotopic (exact) mass is 520 g/mol. The Morgan fingerprint density at radius 1 is 1.31 bits per heavy atom. The van der Waals surface area contributed by atoms with Crippen LogP contribution in [0.15, 0.2) is 23.2 Å². The van der Waals surface area contributed by atoms with Crippen molar-refractivity contribution in [2.45, 2.75) is 38.8 Å². The smallest absolute Gasteiger partial charge is 0.191 e. The zero-order valence-corrected chi connectivity index (χ0v) is 19.8. The van der Waals surface area contributed by atoms with Crippen LogP contribution in [0.1, 0.15) is 31.7 Å². The first-order chi connectivity index (χ1) is 13.7. The highest BCUT2D eigenvalue weighted by Crippen LogP contribution is 2.19. The molecule has 2 aliphatic rings. The molecule has 0 bridgehead atoms. The van der Waals surface area contributed by atoms with E-state index in [4.69, 9.17) is 9.47 Å². The highest BCUT2D eigenvalue weighted by atomic mass is 127. The predicted molar refractivity (Wildman–Crippen MR) is 125 cm³/mol. The molecule has 0 amide bonds. The molecule has 0 spiro atoms. The maximum Gasteiger partial charge on any atom is 0.191 e. The lowest BCUT2D eigenvalue weighted by atomic mass is 10.0. The maximum absolute atomic E-state index is 14.0. The van der Waals surface area contributed by atoms with Gasteiger partial charge in [-0.05, 0) is 49.8 Å². The van der Waals surface area contributed by atoms with Gasteiger partial charge < -0.3 is 25.0 Å². The molecule has 6 nitrogen and oxygen atoms in total. The van der Waals surface area contributed by atoms with Crippen molar-refractivity contribution in [3.63, 3.8) is 0 Å². The molecule has 2 fully saturated rings. The molecule has 1 unspecified atom stereocenters. The second-order valence-electron chi connectivity index (χ2n) is 7.57. The molecule has 164 valence electrons. The van der Waals surface area contributed by atoms with E-state index in [0.717, 1.165) is 57.2 Å². The van der Waals surface area contributed by atoms with Crippen LogP contribution in [0.3, 0.4) is 0 Å². The number of ether oxygens (including phenoxy) is 2. The highest BCUT2D eigenvalue weighted by Gasteiger charge is 2.24. The quantitative estimate of drug-likeness (QED) is 0.329. The normalized spacial score (nSPS) is 20.9. The van der Waals surface area contributed by atoms with Crippen molar-refractivity contribution >= 4 is 29.9 Å². The molecule has 2 saturated heterocycles. The van der Waals surface area contributed by atoms with Gasteiger partial charge >= 0.3 is 0 Å². The van der Waals surface area contributed by atoms with Crippen LogP contribution in [0.25, 0.3) is 0 Å². The third-order valence-corrected chi connectivity index (χ3v) is 5.45. The van der Waals surface area contributed by atoms with Gasteiger partial charge in [-0.2, -0.15) is 0 Å². The van der Waals surface area contributed by atoms with E-state index in [1.54, 1.807) is 13.1 Å². The van der Waals surface area contributed by atoms with E-state index in [-0.39, 0.29) is 29.8 Å². The van der Waals surface area contributed by atoms with Crippen LogP contribution < -0.4 is 15.4 Å². The Kier molecular flexibility index (Phi) is 10.4. The number of guanidine groups is 1. The number of halogens is 2. The second kappa shape index (κ2) is 12.5. The first-order valence-corrected chi connectivity index (χ1v) is 10.4. The lowest BCUT2D eigenvalue weighted by Gasteiger charge is -2.34. The summed E-state index contributed by atoms with van der Waals surface area (Å²) in [6.45, 7) is 8.03. The van der Waals surface area contributed by atoms with Gasteiger partial charge in [-0.1, -0.05) is 6.07 Å². The van der Waals surface area contributed by atoms with E-state index in [1.165, 1.54) is 12.5 Å². The molecule has 1 atom stereocenters. The van der Waals surface area contributed by atoms with Crippen LogP contribution >= 0.6 is 24.0 Å². The summed E-state index contributed by atoms with van der Waals surface area (Å²) in [6, 6.07) is 5.48. The van der Waals surface area contributed by atoms with Gasteiger partial charge in [0.25, 0.3) is 0 Å². The average Bonchev–Trinajstić information content (AvgIpc) is 3.21. The third kappa shape index (κ3) is 7.57. The Bertz CT molecular complexity index is 648. The lowest BCUT2D eigenvalue weighted by Crippen LogP contribution is -2.49. The number of benzene rings is 1. The number of nitrogens with zero attached hydrogens (tertiary/aromatic N) is 2. The Morgan fingerprint density at radius 2 is 2.10 bits per heavy atom. The minimum Gasteiger partial charge on any atom is -0.491 e. The number of hydrogen-bond acceptors (Lipinski definition) is 4. The van der Waals surface area contributed by atoms with E-state index in [0.29, 0.717) is 30.9 Å². The van der Waals surface area contributed by atoms with Crippen molar-refractivity contribution in [3.05, 3.63) is 29.6 Å². The van der Waals surface area contributed by atoms with Crippen molar-refractivity contribution in [1.29, 1.82) is 0 Å². The summed E-state index contributed by atoms with van der Waals surface area (Å²) < 4.78 is 24.7. The van der Waals surface area contributed by atoms with E-state index in [9.17, 15) is 4.39 Å². The van der Waals surface area contributed by atoms with E-state index >= 15 is 0 Å². The van der Waals surface area contributed by atoms with Gasteiger partial charge in [0, 0.05) is 45.9 Å². The molecule has 8 heteroatoms. The van der Waals surface area contributed by atoms with Crippen LogP contribution in [-0.2, 0) is 11.3 Å². The number of piperidine rings is 1. The van der Waals surface area contributed by atoms with Crippen molar-refractivity contribution in [1.82, 2.24) is 15.5 Å². The highest BCUT2D eigenvalue weighted by molar-refractivity contribution is 14.0. The van der Waals surface area contributed by atoms with Crippen LogP contribution in [-0.4, -0.2) is 63.4 Å². The summed E-state index contributed by atoms with van der Waals surface area (Å²) in [4.78, 5) is 6.87. The van der Waals surface area contributed by atoms with Gasteiger partial charge in [-0.3, -0.25) is 4.99 Å². The second-order valence-corrected chi connectivity index (χ2v) is 7.57. The van der Waals surface area contributed by atoms with Gasteiger partial charge in [-0.15, -0.1) is 24.0 Å². The molecule has 1 aromatic carbocycles. The molecule has 0 radical (unpaired) electrons. The average molecular weight is 520 g/mol. The zero-order valence-electron chi connectivity index (χ0n) is 17.5. The summed E-state index contributed by atoms with van der Waals surface area (Å²) in [5.41, 5.74) is 0.859. The number of rotatable bonds is 7. The standard InChI is InChI=1S/C21H33FN4O2.HI/c1-3-28-20-5-4-16(12-19(20)22)13-24-21(23-2)25-18-6-9-26(10-7-18)14-17-8-11-27-15-17;/h4-5,12,17-18H,3,6-11,13-15H2,1-2H3,(H2,23,24,25);1H. The van der Waals surface area contributed by atoms with Crippen molar-refractivity contribution in [2.75, 3.05) is 46.5 Å². The lowest BCUT2D eigenvalue weighted by molar-refractivity contribution is 0.150. The molecule has 3 rings (SSSR count). The summed E-state index contributed by atoms with van der Waals surface area (Å²) in [7, 11) is 1.77. The van der Waals surface area contributed by atoms with Crippen LogP contribution in [0, 0.1) is 11.7 Å². The fourth-order valence-electron chi connectivity index (χ4n) is 3.85. The minimum atomic E-state index is -0.330. The van der Waals surface area contributed by atoms with Crippen LogP contribution in [0.4, 0.5) is 4.39 Å². The van der Waals surface area contributed by atoms with Crippen LogP contribution in [0.5, 0.6) is 5.75 Å². The topological polar surface area (TPSA) is 58.1 Å². The molecule has 29 heavy (non-hydrogen) atoms. The Labute approximate surface area is 190 Å². The third-order valence-electron chi connectivity index (χ3n) is 5.45. The molecule has 0 aromatic heterocycles. The molecule has 0 saturated carbocycles. The molecule has 1 aromatic rings. The van der Waals surface area contributed by atoms with Gasteiger partial charge in [0.05, 0.1) is 13.2 Å². The summed E-state index contributed by atoms with van der Waals surface area (Å²) in [5.74, 6) is 1.43. The van der Waals surface area contributed by atoms with Gasteiger partial charge in [0.1, 0.15) is 0 Å². The van der Waals surface area contributed by atoms with Gasteiger partial charge in [-0.25, -0.2) is 4.39 Å². The van der Waals surface area contributed by atoms with Crippen molar-refractivity contribution < 1.29 is 13.9 Å². The molecule has 2 heterocycles. The fourth-order valence-corrected chi connectivity index (χ4v) is 3.85. The van der Waals surface area contributed by atoms with E-state index in [1.807, 2.05) is 13.0 Å². The summed E-state index contributed by atoms with van der Waals surface area (Å²) >= 11 is 0. The minimum absolute atomic E-state index is 0. The number of hydrogen-bond donors (Lipinski definition) is 2. The number of aliphatic imine (C=N–C) groups is 1. The Hall–Kier alpha value is -1.13. The molecule has 2 aliphatic heterocycles. The summed E-state index contributed by atoms with van der Waals surface area (Å²) in [5, 5.41) is 6.79. The molecular weight excluding hydrogens is 486 g/mol. The van der Waals surface area contributed by atoms with E-state index < -0.39 is 0 Å². The Balaban J connectivity index is 0.00000300. The largest absolute Gasteiger partial charge is 0.491 e. The first-order valence-electron chi connectivity index (χ1n) is 10.4. The van der Waals surface area contributed by atoms with E-state index in [2.05, 4.69) is 20.5 Å². The molecule has 2 N–H and O–H groups in total. The van der Waals surface area contributed by atoms with Crippen molar-refractivity contribution in [3.8, 4) is 5.75 Å². The number of nitrogens with one attached hydrogen (secondary N) is 2. The Morgan fingerprint density at radius 3 is 2.72 bits per heavy atom. The first kappa shape index (κ1) is 24.1. The number of likely N-dealkylation sites (tertiary alicyclic amines) is 1. The molecular formula is C21H34FIN4O2. The van der Waals surface area contributed by atoms with Crippen LogP contribution in [0.2, 0.25) is 0 Å². The van der Waals surface area contributed by atoms with Gasteiger partial charge in [0.2, 0.25) is 0 Å². The fraction of sp³-hybridized carbons (Fsp3) is 0.667.